The zero-order chi connectivity index (χ0) is 17.3. The standard InChI is InChI=1S/C18H23N5O2/c1-13-20-21-22-23(13)11-8-17(24)19-15-12-18(9-4-5-10-18)25-16-7-3-2-6-14(15)16/h2-3,6-7,15H,4-5,8-12H2,1H3,(H,19,24). The molecular weight excluding hydrogens is 318 g/mol. The number of carbonyl (C=O) groups excluding carboxylic acids is 1. The number of amides is 1. The molecule has 1 saturated carbocycles. The second-order valence-corrected chi connectivity index (χ2v) is 7.05. The first-order valence-corrected chi connectivity index (χ1v) is 8.95. The van der Waals surface area contributed by atoms with Crippen molar-refractivity contribution >= 4 is 5.91 Å². The lowest BCUT2D eigenvalue weighted by Gasteiger charge is -2.40. The molecule has 1 atom stereocenters. The summed E-state index contributed by atoms with van der Waals surface area (Å²) in [5, 5.41) is 14.5. The van der Waals surface area contributed by atoms with E-state index in [2.05, 4.69) is 20.8 Å². The van der Waals surface area contributed by atoms with E-state index in [1.807, 2.05) is 31.2 Å². The van der Waals surface area contributed by atoms with Gasteiger partial charge >= 0.3 is 0 Å². The van der Waals surface area contributed by atoms with Crippen LogP contribution in [-0.2, 0) is 11.3 Å². The van der Waals surface area contributed by atoms with Crippen molar-refractivity contribution in [1.29, 1.82) is 0 Å². The summed E-state index contributed by atoms with van der Waals surface area (Å²) >= 11 is 0. The van der Waals surface area contributed by atoms with Crippen LogP contribution in [-0.4, -0.2) is 31.7 Å². The SMILES string of the molecule is Cc1nnnn1CCC(=O)NC1CC2(CCCC2)Oc2ccccc21. The predicted octanol–water partition coefficient (Wildman–Crippen LogP) is 2.32. The van der Waals surface area contributed by atoms with E-state index >= 15 is 0 Å². The van der Waals surface area contributed by atoms with Crippen LogP contribution in [0.15, 0.2) is 24.3 Å². The summed E-state index contributed by atoms with van der Waals surface area (Å²) in [4.78, 5) is 12.5. The minimum absolute atomic E-state index is 0.00511. The number of tetrazole rings is 1. The molecule has 1 unspecified atom stereocenters. The number of fused-ring (bicyclic) bond motifs is 1. The average molecular weight is 341 g/mol. The third-order valence-electron chi connectivity index (χ3n) is 5.31. The number of carbonyl (C=O) groups is 1. The number of para-hydroxylation sites is 1. The molecule has 132 valence electrons. The van der Waals surface area contributed by atoms with Crippen LogP contribution in [0.4, 0.5) is 0 Å². The van der Waals surface area contributed by atoms with Crippen LogP contribution in [0.2, 0.25) is 0 Å². The topological polar surface area (TPSA) is 81.9 Å². The van der Waals surface area contributed by atoms with Crippen LogP contribution in [0.1, 0.15) is 56.0 Å². The van der Waals surface area contributed by atoms with Crippen LogP contribution in [0.5, 0.6) is 5.75 Å². The molecule has 1 aliphatic carbocycles. The number of rotatable bonds is 4. The Labute approximate surface area is 146 Å². The van der Waals surface area contributed by atoms with Crippen molar-refractivity contribution in [2.24, 2.45) is 0 Å². The molecule has 1 aromatic heterocycles. The maximum Gasteiger partial charge on any atom is 0.222 e. The highest BCUT2D eigenvalue weighted by Gasteiger charge is 2.43. The van der Waals surface area contributed by atoms with Crippen LogP contribution >= 0.6 is 0 Å². The lowest BCUT2D eigenvalue weighted by Crippen LogP contribution is -2.43. The molecule has 0 saturated heterocycles. The first-order chi connectivity index (χ1) is 12.2. The van der Waals surface area contributed by atoms with Gasteiger partial charge in [-0.05, 0) is 49.1 Å². The summed E-state index contributed by atoms with van der Waals surface area (Å²) in [7, 11) is 0. The molecule has 2 aromatic rings. The molecule has 1 spiro atoms. The Morgan fingerprint density at radius 2 is 2.16 bits per heavy atom. The molecular formula is C18H23N5O2. The van der Waals surface area contributed by atoms with E-state index in [0.29, 0.717) is 18.8 Å². The van der Waals surface area contributed by atoms with E-state index in [9.17, 15) is 4.79 Å². The highest BCUT2D eigenvalue weighted by molar-refractivity contribution is 5.76. The summed E-state index contributed by atoms with van der Waals surface area (Å²) < 4.78 is 7.99. The second-order valence-electron chi connectivity index (χ2n) is 7.05. The van der Waals surface area contributed by atoms with Crippen LogP contribution < -0.4 is 10.1 Å². The van der Waals surface area contributed by atoms with Gasteiger partial charge in [-0.15, -0.1) is 5.10 Å². The van der Waals surface area contributed by atoms with E-state index in [-0.39, 0.29) is 17.6 Å². The Bertz CT molecular complexity index is 766. The minimum atomic E-state index is -0.112. The van der Waals surface area contributed by atoms with Gasteiger partial charge in [0.25, 0.3) is 0 Å². The number of nitrogens with one attached hydrogen (secondary N) is 1. The van der Waals surface area contributed by atoms with E-state index in [1.54, 1.807) is 4.68 Å². The van der Waals surface area contributed by atoms with Crippen LogP contribution in [0.3, 0.4) is 0 Å². The summed E-state index contributed by atoms with van der Waals surface area (Å²) in [5.74, 6) is 1.65. The lowest BCUT2D eigenvalue weighted by atomic mass is 9.86. The Balaban J connectivity index is 1.46. The number of ether oxygens (including phenoxy) is 1. The Kier molecular flexibility index (Phi) is 4.15. The Hall–Kier alpha value is -2.44. The highest BCUT2D eigenvalue weighted by atomic mass is 16.5. The zero-order valence-electron chi connectivity index (χ0n) is 14.4. The lowest BCUT2D eigenvalue weighted by molar-refractivity contribution is -0.122. The molecule has 1 N–H and O–H groups in total. The fourth-order valence-electron chi connectivity index (χ4n) is 4.00. The third kappa shape index (κ3) is 3.23. The van der Waals surface area contributed by atoms with Crippen molar-refractivity contribution < 1.29 is 9.53 Å². The maximum atomic E-state index is 12.5. The van der Waals surface area contributed by atoms with Gasteiger partial charge in [-0.1, -0.05) is 18.2 Å². The van der Waals surface area contributed by atoms with Crippen molar-refractivity contribution in [3.63, 3.8) is 0 Å². The summed E-state index contributed by atoms with van der Waals surface area (Å²) in [5.41, 5.74) is 0.964. The Morgan fingerprint density at radius 1 is 1.36 bits per heavy atom. The quantitative estimate of drug-likeness (QED) is 0.923. The number of hydrogen-bond acceptors (Lipinski definition) is 5. The molecule has 25 heavy (non-hydrogen) atoms. The van der Waals surface area contributed by atoms with E-state index < -0.39 is 0 Å². The number of benzene rings is 1. The fourth-order valence-corrected chi connectivity index (χ4v) is 4.00. The average Bonchev–Trinajstić information content (AvgIpc) is 3.22. The number of hydrogen-bond donors (Lipinski definition) is 1. The van der Waals surface area contributed by atoms with Crippen molar-refractivity contribution in [2.75, 3.05) is 0 Å². The molecule has 4 rings (SSSR count). The van der Waals surface area contributed by atoms with Gasteiger partial charge in [-0.2, -0.15) is 0 Å². The van der Waals surface area contributed by atoms with Crippen molar-refractivity contribution in [1.82, 2.24) is 25.5 Å². The molecule has 7 heteroatoms. The van der Waals surface area contributed by atoms with Crippen LogP contribution in [0, 0.1) is 6.92 Å². The van der Waals surface area contributed by atoms with Gasteiger partial charge in [0.15, 0.2) is 0 Å². The minimum Gasteiger partial charge on any atom is -0.487 e. The number of nitrogens with zero attached hydrogens (tertiary/aromatic N) is 4. The summed E-state index contributed by atoms with van der Waals surface area (Å²) in [6.07, 6.45) is 5.73. The normalized spacial score (nSPS) is 20.9. The Morgan fingerprint density at radius 3 is 2.92 bits per heavy atom. The molecule has 1 aromatic carbocycles. The molecule has 7 nitrogen and oxygen atoms in total. The first kappa shape index (κ1) is 16.1. The van der Waals surface area contributed by atoms with Gasteiger partial charge < -0.3 is 10.1 Å². The molecule has 1 fully saturated rings. The van der Waals surface area contributed by atoms with Gasteiger partial charge in [-0.25, -0.2) is 4.68 Å². The van der Waals surface area contributed by atoms with Gasteiger partial charge in [0.2, 0.25) is 5.91 Å². The fraction of sp³-hybridized carbons (Fsp3) is 0.556. The molecule has 0 radical (unpaired) electrons. The first-order valence-electron chi connectivity index (χ1n) is 8.95. The second kappa shape index (κ2) is 6.46. The largest absolute Gasteiger partial charge is 0.487 e. The predicted molar refractivity (Wildman–Crippen MR) is 90.9 cm³/mol. The van der Waals surface area contributed by atoms with Crippen LogP contribution in [0.25, 0.3) is 0 Å². The third-order valence-corrected chi connectivity index (χ3v) is 5.31. The zero-order valence-corrected chi connectivity index (χ0v) is 14.4. The van der Waals surface area contributed by atoms with E-state index in [0.717, 1.165) is 30.6 Å². The molecule has 0 bridgehead atoms. The summed E-state index contributed by atoms with van der Waals surface area (Å²) in [6.45, 7) is 2.32. The smallest absolute Gasteiger partial charge is 0.222 e. The molecule has 1 amide bonds. The van der Waals surface area contributed by atoms with Crippen molar-refractivity contribution in [2.45, 2.75) is 63.6 Å². The highest BCUT2D eigenvalue weighted by Crippen LogP contribution is 2.46. The summed E-state index contributed by atoms with van der Waals surface area (Å²) in [6, 6.07) is 8.06. The van der Waals surface area contributed by atoms with Crippen molar-refractivity contribution in [3.8, 4) is 5.75 Å². The molecule has 2 aliphatic rings. The van der Waals surface area contributed by atoms with Gasteiger partial charge in [0.1, 0.15) is 17.2 Å². The van der Waals surface area contributed by atoms with Gasteiger partial charge in [-0.3, -0.25) is 4.79 Å². The van der Waals surface area contributed by atoms with Gasteiger partial charge in [0, 0.05) is 18.4 Å². The molecule has 1 aliphatic heterocycles. The molecule has 2 heterocycles. The monoisotopic (exact) mass is 341 g/mol. The number of aryl methyl sites for hydroxylation is 2. The van der Waals surface area contributed by atoms with Gasteiger partial charge in [0.05, 0.1) is 12.6 Å². The maximum absolute atomic E-state index is 12.5. The van der Waals surface area contributed by atoms with E-state index in [1.165, 1.54) is 12.8 Å². The number of aromatic nitrogens is 4. The van der Waals surface area contributed by atoms with E-state index in [4.69, 9.17) is 4.74 Å². The van der Waals surface area contributed by atoms with Crippen molar-refractivity contribution in [3.05, 3.63) is 35.7 Å².